The molecule has 3 rings (SSSR count). The van der Waals surface area contributed by atoms with E-state index in [1.807, 2.05) is 24.3 Å². The lowest BCUT2D eigenvalue weighted by molar-refractivity contribution is -0.117. The molecule has 0 bridgehead atoms. The number of hydrogen-bond acceptors (Lipinski definition) is 3. The Kier molecular flexibility index (Phi) is 6.10. The first-order chi connectivity index (χ1) is 12.1. The zero-order chi connectivity index (χ0) is 17.6. The summed E-state index contributed by atoms with van der Waals surface area (Å²) in [7, 11) is 0. The van der Waals surface area contributed by atoms with Crippen LogP contribution < -0.4 is 10.2 Å². The Morgan fingerprint density at radius 1 is 1.00 bits per heavy atom. The van der Waals surface area contributed by atoms with E-state index in [9.17, 15) is 4.79 Å². The third kappa shape index (κ3) is 5.06. The van der Waals surface area contributed by atoms with Gasteiger partial charge in [-0.1, -0.05) is 35.0 Å². The van der Waals surface area contributed by atoms with Crippen LogP contribution in [0.3, 0.4) is 0 Å². The monoisotopic (exact) mass is 401 g/mol. The lowest BCUT2D eigenvalue weighted by Crippen LogP contribution is -2.48. The summed E-state index contributed by atoms with van der Waals surface area (Å²) in [4.78, 5) is 16.8. The summed E-state index contributed by atoms with van der Waals surface area (Å²) >= 11 is 3.40. The van der Waals surface area contributed by atoms with Gasteiger partial charge in [-0.15, -0.1) is 0 Å². The van der Waals surface area contributed by atoms with Crippen molar-refractivity contribution < 1.29 is 4.79 Å². The number of carbonyl (C=O) groups excluding carboxylic acids is 1. The Hall–Kier alpha value is -1.85. The van der Waals surface area contributed by atoms with Gasteiger partial charge in [0.1, 0.15) is 0 Å². The van der Waals surface area contributed by atoms with Crippen LogP contribution in [0, 0.1) is 0 Å². The quantitative estimate of drug-likeness (QED) is 0.827. The van der Waals surface area contributed by atoms with Gasteiger partial charge in [-0.2, -0.15) is 0 Å². The zero-order valence-corrected chi connectivity index (χ0v) is 16.1. The van der Waals surface area contributed by atoms with Crippen LogP contribution in [0.5, 0.6) is 0 Å². The number of amides is 1. The van der Waals surface area contributed by atoms with Gasteiger partial charge in [-0.25, -0.2) is 0 Å². The Morgan fingerprint density at radius 3 is 2.24 bits per heavy atom. The summed E-state index contributed by atoms with van der Waals surface area (Å²) in [5, 5.41) is 2.96. The Labute approximate surface area is 158 Å². The number of anilines is 2. The fraction of sp³-hybridized carbons (Fsp3) is 0.350. The topological polar surface area (TPSA) is 35.6 Å². The molecule has 1 saturated heterocycles. The molecule has 0 atom stereocenters. The van der Waals surface area contributed by atoms with Crippen LogP contribution in [0.4, 0.5) is 11.4 Å². The summed E-state index contributed by atoms with van der Waals surface area (Å²) in [6.45, 7) is 6.34. The van der Waals surface area contributed by atoms with Crippen molar-refractivity contribution in [3.05, 3.63) is 58.6 Å². The molecular weight excluding hydrogens is 378 g/mol. The molecule has 0 spiro atoms. The molecule has 2 aromatic carbocycles. The predicted molar refractivity (Wildman–Crippen MR) is 107 cm³/mol. The highest BCUT2D eigenvalue weighted by Crippen LogP contribution is 2.18. The summed E-state index contributed by atoms with van der Waals surface area (Å²) in [5.74, 6) is 0.0445. The second-order valence-corrected chi connectivity index (χ2v) is 7.25. The first kappa shape index (κ1) is 18.0. The number of hydrogen-bond donors (Lipinski definition) is 1. The summed E-state index contributed by atoms with van der Waals surface area (Å²) < 4.78 is 1.01. The van der Waals surface area contributed by atoms with Gasteiger partial charge in [0, 0.05) is 42.0 Å². The van der Waals surface area contributed by atoms with E-state index >= 15 is 0 Å². The van der Waals surface area contributed by atoms with E-state index in [2.05, 4.69) is 62.2 Å². The summed E-state index contributed by atoms with van der Waals surface area (Å²) in [6.07, 6.45) is 1.07. The van der Waals surface area contributed by atoms with E-state index in [1.165, 1.54) is 11.3 Å². The molecule has 132 valence electrons. The molecule has 1 fully saturated rings. The van der Waals surface area contributed by atoms with Gasteiger partial charge >= 0.3 is 0 Å². The van der Waals surface area contributed by atoms with Crippen LogP contribution in [0.15, 0.2) is 53.0 Å². The van der Waals surface area contributed by atoms with Crippen molar-refractivity contribution in [1.82, 2.24) is 4.90 Å². The van der Waals surface area contributed by atoms with Crippen LogP contribution >= 0.6 is 15.9 Å². The van der Waals surface area contributed by atoms with Gasteiger partial charge in [-0.05, 0) is 48.4 Å². The number of nitrogens with one attached hydrogen (secondary N) is 1. The van der Waals surface area contributed by atoms with Crippen molar-refractivity contribution >= 4 is 33.2 Å². The van der Waals surface area contributed by atoms with Gasteiger partial charge in [0.15, 0.2) is 0 Å². The van der Waals surface area contributed by atoms with Crippen molar-refractivity contribution in [2.45, 2.75) is 13.3 Å². The third-order valence-corrected chi connectivity index (χ3v) is 5.11. The molecule has 1 heterocycles. The second kappa shape index (κ2) is 8.50. The number of benzene rings is 2. The normalized spacial score (nSPS) is 15.2. The van der Waals surface area contributed by atoms with Crippen molar-refractivity contribution in [3.63, 3.8) is 0 Å². The van der Waals surface area contributed by atoms with Crippen LogP contribution in [0.1, 0.15) is 12.5 Å². The summed E-state index contributed by atoms with van der Waals surface area (Å²) in [5.41, 5.74) is 3.48. The molecule has 25 heavy (non-hydrogen) atoms. The Balaban J connectivity index is 1.46. The van der Waals surface area contributed by atoms with Crippen LogP contribution in [-0.2, 0) is 11.2 Å². The van der Waals surface area contributed by atoms with E-state index in [0.29, 0.717) is 6.54 Å². The Bertz CT molecular complexity index is 692. The zero-order valence-electron chi connectivity index (χ0n) is 14.5. The van der Waals surface area contributed by atoms with Crippen molar-refractivity contribution in [1.29, 1.82) is 0 Å². The molecule has 0 aromatic heterocycles. The van der Waals surface area contributed by atoms with Gasteiger partial charge in [-0.3, -0.25) is 9.69 Å². The average molecular weight is 402 g/mol. The molecule has 2 aromatic rings. The van der Waals surface area contributed by atoms with Crippen LogP contribution in [0.25, 0.3) is 0 Å². The van der Waals surface area contributed by atoms with Crippen molar-refractivity contribution in [2.75, 3.05) is 42.9 Å². The number of aryl methyl sites for hydroxylation is 1. The maximum Gasteiger partial charge on any atom is 0.238 e. The van der Waals surface area contributed by atoms with Gasteiger partial charge in [0.2, 0.25) is 5.91 Å². The van der Waals surface area contributed by atoms with E-state index in [4.69, 9.17) is 0 Å². The van der Waals surface area contributed by atoms with E-state index in [0.717, 1.165) is 42.8 Å². The maximum absolute atomic E-state index is 12.2. The SMILES string of the molecule is CCc1ccc(N2CCN(CC(=O)Nc3ccc(Br)cc3)CC2)cc1. The highest BCUT2D eigenvalue weighted by Gasteiger charge is 2.19. The minimum absolute atomic E-state index is 0.0445. The van der Waals surface area contributed by atoms with Crippen molar-refractivity contribution in [3.8, 4) is 0 Å². The van der Waals surface area contributed by atoms with E-state index in [-0.39, 0.29) is 5.91 Å². The molecule has 4 nitrogen and oxygen atoms in total. The molecule has 1 amide bonds. The van der Waals surface area contributed by atoms with Crippen LogP contribution in [0.2, 0.25) is 0 Å². The molecule has 0 radical (unpaired) electrons. The molecule has 1 aliphatic heterocycles. The van der Waals surface area contributed by atoms with Gasteiger partial charge < -0.3 is 10.2 Å². The second-order valence-electron chi connectivity index (χ2n) is 6.34. The highest BCUT2D eigenvalue weighted by molar-refractivity contribution is 9.10. The molecular formula is C20H24BrN3O. The summed E-state index contributed by atoms with van der Waals surface area (Å²) in [6, 6.07) is 16.5. The van der Waals surface area contributed by atoms with Gasteiger partial charge in [0.25, 0.3) is 0 Å². The van der Waals surface area contributed by atoms with E-state index < -0.39 is 0 Å². The number of nitrogens with zero attached hydrogens (tertiary/aromatic N) is 2. The average Bonchev–Trinajstić information content (AvgIpc) is 2.64. The lowest BCUT2D eigenvalue weighted by atomic mass is 10.1. The first-order valence-corrected chi connectivity index (χ1v) is 9.55. The number of halogens is 1. The molecule has 5 heteroatoms. The molecule has 0 saturated carbocycles. The predicted octanol–water partition coefficient (Wildman–Crippen LogP) is 3.77. The standard InChI is InChI=1S/C20H24BrN3O/c1-2-16-3-9-19(10-4-16)24-13-11-23(12-14-24)15-20(25)22-18-7-5-17(21)6-8-18/h3-10H,2,11-15H2,1H3,(H,22,25). The van der Waals surface area contributed by atoms with Crippen LogP contribution in [-0.4, -0.2) is 43.5 Å². The number of carbonyl (C=O) groups is 1. The Morgan fingerprint density at radius 2 is 1.64 bits per heavy atom. The maximum atomic E-state index is 12.2. The molecule has 0 unspecified atom stereocenters. The minimum Gasteiger partial charge on any atom is -0.369 e. The largest absolute Gasteiger partial charge is 0.369 e. The number of piperazine rings is 1. The number of rotatable bonds is 5. The minimum atomic E-state index is 0.0445. The van der Waals surface area contributed by atoms with Gasteiger partial charge in [0.05, 0.1) is 6.54 Å². The fourth-order valence-electron chi connectivity index (χ4n) is 3.04. The third-order valence-electron chi connectivity index (χ3n) is 4.58. The molecule has 0 aliphatic carbocycles. The first-order valence-electron chi connectivity index (χ1n) is 8.75. The van der Waals surface area contributed by atoms with Crippen molar-refractivity contribution in [2.24, 2.45) is 0 Å². The van der Waals surface area contributed by atoms with E-state index in [1.54, 1.807) is 0 Å². The smallest absolute Gasteiger partial charge is 0.238 e. The highest BCUT2D eigenvalue weighted by atomic mass is 79.9. The molecule has 1 aliphatic rings. The fourth-order valence-corrected chi connectivity index (χ4v) is 3.31. The molecule has 1 N–H and O–H groups in total. The lowest BCUT2D eigenvalue weighted by Gasteiger charge is -2.35.